The van der Waals surface area contributed by atoms with E-state index in [1.54, 1.807) is 0 Å². The molecule has 0 aliphatic heterocycles. The molecule has 1 aromatic carbocycles. The molecule has 19 heavy (non-hydrogen) atoms. The van der Waals surface area contributed by atoms with Crippen LogP contribution in [0.2, 0.25) is 0 Å². The van der Waals surface area contributed by atoms with Gasteiger partial charge in [0.25, 0.3) is 0 Å². The van der Waals surface area contributed by atoms with Crippen molar-refractivity contribution in [3.8, 4) is 0 Å². The first kappa shape index (κ1) is 11.9. The van der Waals surface area contributed by atoms with Gasteiger partial charge < -0.3 is 10.7 Å². The fraction of sp³-hybridized carbons (Fsp3) is 0.533. The van der Waals surface area contributed by atoms with Gasteiger partial charge in [-0.3, -0.25) is 0 Å². The molecule has 3 N–H and O–H groups in total. The lowest BCUT2D eigenvalue weighted by molar-refractivity contribution is 0.356. The highest BCUT2D eigenvalue weighted by Gasteiger charge is 2.47. The molecule has 1 heterocycles. The first-order valence-electron chi connectivity index (χ1n) is 7.05. The number of H-pyrrole nitrogens is 1. The van der Waals surface area contributed by atoms with Crippen molar-refractivity contribution in [2.24, 2.45) is 17.6 Å². The normalized spacial score (nSPS) is 33.4. The third-order valence-electron chi connectivity index (χ3n) is 5.06. The van der Waals surface area contributed by atoms with Gasteiger partial charge in [0.15, 0.2) is 0 Å². The van der Waals surface area contributed by atoms with E-state index < -0.39 is 0 Å². The zero-order valence-electron chi connectivity index (χ0n) is 11.0. The number of hydrogen-bond donors (Lipinski definition) is 2. The number of aromatic amines is 1. The van der Waals surface area contributed by atoms with Crippen molar-refractivity contribution in [1.29, 1.82) is 0 Å². The standard InChI is InChI=1S/C15H18BrN3/c1-7-4-10(16)6-11-14(7)19-15(18-11)12-8-2-3-9(5-8)13(12)17/h4,6,8-9,12-13H,2-3,5,17H2,1H3,(H,18,19). The molecule has 1 aromatic heterocycles. The van der Waals surface area contributed by atoms with E-state index in [9.17, 15) is 0 Å². The van der Waals surface area contributed by atoms with Crippen molar-refractivity contribution in [3.05, 3.63) is 28.0 Å². The molecule has 4 heteroatoms. The second-order valence-corrected chi connectivity index (χ2v) is 7.09. The Morgan fingerprint density at radius 3 is 2.84 bits per heavy atom. The van der Waals surface area contributed by atoms with Crippen LogP contribution in [0.25, 0.3) is 11.0 Å². The number of halogens is 1. The molecule has 2 aromatic rings. The summed E-state index contributed by atoms with van der Waals surface area (Å²) in [5, 5.41) is 0. The zero-order valence-corrected chi connectivity index (χ0v) is 12.6. The number of aryl methyl sites for hydroxylation is 1. The van der Waals surface area contributed by atoms with Crippen molar-refractivity contribution in [2.45, 2.75) is 38.1 Å². The molecule has 0 radical (unpaired) electrons. The van der Waals surface area contributed by atoms with Crippen LogP contribution >= 0.6 is 15.9 Å². The largest absolute Gasteiger partial charge is 0.342 e. The average Bonchev–Trinajstić information content (AvgIpc) is 3.01. The van der Waals surface area contributed by atoms with Gasteiger partial charge in [-0.25, -0.2) is 4.98 Å². The van der Waals surface area contributed by atoms with E-state index in [-0.39, 0.29) is 0 Å². The number of rotatable bonds is 1. The van der Waals surface area contributed by atoms with E-state index in [0.29, 0.717) is 12.0 Å². The Bertz CT molecular complexity index is 646. The molecule has 2 aliphatic carbocycles. The van der Waals surface area contributed by atoms with Crippen molar-refractivity contribution in [3.63, 3.8) is 0 Å². The highest BCUT2D eigenvalue weighted by Crippen LogP contribution is 2.51. The molecule has 4 rings (SSSR count). The Hall–Kier alpha value is -0.870. The van der Waals surface area contributed by atoms with Gasteiger partial charge in [-0.2, -0.15) is 0 Å². The van der Waals surface area contributed by atoms with E-state index in [1.165, 1.54) is 24.8 Å². The zero-order chi connectivity index (χ0) is 13.1. The van der Waals surface area contributed by atoms with Crippen LogP contribution in [0.1, 0.15) is 36.6 Å². The summed E-state index contributed by atoms with van der Waals surface area (Å²) in [6.45, 7) is 2.11. The van der Waals surface area contributed by atoms with Crippen LogP contribution in [0, 0.1) is 18.8 Å². The lowest BCUT2D eigenvalue weighted by atomic mass is 9.84. The van der Waals surface area contributed by atoms with Crippen LogP contribution in [0.5, 0.6) is 0 Å². The first-order valence-corrected chi connectivity index (χ1v) is 7.84. The second-order valence-electron chi connectivity index (χ2n) is 6.18. The number of nitrogens with two attached hydrogens (primary N) is 1. The Balaban J connectivity index is 1.82. The van der Waals surface area contributed by atoms with Crippen molar-refractivity contribution in [1.82, 2.24) is 9.97 Å². The third-order valence-corrected chi connectivity index (χ3v) is 5.51. The number of hydrogen-bond acceptors (Lipinski definition) is 2. The maximum Gasteiger partial charge on any atom is 0.112 e. The fourth-order valence-electron chi connectivity index (χ4n) is 4.16. The van der Waals surface area contributed by atoms with E-state index in [0.717, 1.165) is 33.2 Å². The van der Waals surface area contributed by atoms with Crippen molar-refractivity contribution >= 4 is 27.0 Å². The van der Waals surface area contributed by atoms with Crippen LogP contribution in [0.4, 0.5) is 0 Å². The summed E-state index contributed by atoms with van der Waals surface area (Å²) < 4.78 is 1.10. The van der Waals surface area contributed by atoms with Gasteiger partial charge in [0, 0.05) is 16.4 Å². The molecule has 3 nitrogen and oxygen atoms in total. The number of nitrogens with zero attached hydrogens (tertiary/aromatic N) is 1. The van der Waals surface area contributed by atoms with Crippen LogP contribution in [0.3, 0.4) is 0 Å². The fourth-order valence-corrected chi connectivity index (χ4v) is 4.74. The minimum absolute atomic E-state index is 0.294. The van der Waals surface area contributed by atoms with E-state index in [1.807, 2.05) is 0 Å². The van der Waals surface area contributed by atoms with Crippen LogP contribution in [0.15, 0.2) is 16.6 Å². The van der Waals surface area contributed by atoms with Crippen LogP contribution in [-0.4, -0.2) is 16.0 Å². The van der Waals surface area contributed by atoms with Gasteiger partial charge in [-0.05, 0) is 55.7 Å². The Kier molecular flexibility index (Phi) is 2.55. The molecule has 4 unspecified atom stereocenters. The molecular weight excluding hydrogens is 302 g/mol. The van der Waals surface area contributed by atoms with Gasteiger partial charge in [0.05, 0.1) is 11.0 Å². The van der Waals surface area contributed by atoms with E-state index in [2.05, 4.69) is 40.0 Å². The maximum absolute atomic E-state index is 6.42. The number of fused-ring (bicyclic) bond motifs is 3. The van der Waals surface area contributed by atoms with Crippen LogP contribution < -0.4 is 5.73 Å². The molecular formula is C15H18BrN3. The first-order chi connectivity index (χ1) is 9.13. The second kappa shape index (κ2) is 4.06. The van der Waals surface area contributed by atoms with Gasteiger partial charge in [-0.1, -0.05) is 15.9 Å². The summed E-state index contributed by atoms with van der Waals surface area (Å²) in [5.41, 5.74) is 9.84. The average molecular weight is 320 g/mol. The topological polar surface area (TPSA) is 54.7 Å². The highest BCUT2D eigenvalue weighted by atomic mass is 79.9. The van der Waals surface area contributed by atoms with Crippen molar-refractivity contribution in [2.75, 3.05) is 0 Å². The molecule has 0 spiro atoms. The summed E-state index contributed by atoms with van der Waals surface area (Å²) in [7, 11) is 0. The summed E-state index contributed by atoms with van der Waals surface area (Å²) in [6, 6.07) is 4.52. The molecule has 0 saturated heterocycles. The minimum Gasteiger partial charge on any atom is -0.342 e. The van der Waals surface area contributed by atoms with Gasteiger partial charge >= 0.3 is 0 Å². The van der Waals surface area contributed by atoms with E-state index >= 15 is 0 Å². The van der Waals surface area contributed by atoms with E-state index in [4.69, 9.17) is 10.7 Å². The predicted octanol–water partition coefficient (Wildman–Crippen LogP) is 3.47. The number of aromatic nitrogens is 2. The molecule has 4 atom stereocenters. The van der Waals surface area contributed by atoms with Gasteiger partial charge in [0.1, 0.15) is 5.82 Å². The summed E-state index contributed by atoms with van der Waals surface area (Å²) in [5.74, 6) is 3.00. The van der Waals surface area contributed by atoms with Gasteiger partial charge in [0.2, 0.25) is 0 Å². The molecule has 2 saturated carbocycles. The predicted molar refractivity (Wildman–Crippen MR) is 80.1 cm³/mol. The lowest BCUT2D eigenvalue weighted by Gasteiger charge is -2.26. The number of nitrogens with one attached hydrogen (secondary N) is 1. The molecule has 0 amide bonds. The molecule has 100 valence electrons. The highest BCUT2D eigenvalue weighted by molar-refractivity contribution is 9.10. The molecule has 2 bridgehead atoms. The Morgan fingerprint density at radius 2 is 2.11 bits per heavy atom. The quantitative estimate of drug-likeness (QED) is 0.845. The number of imidazole rings is 1. The number of benzene rings is 1. The van der Waals surface area contributed by atoms with Crippen molar-refractivity contribution < 1.29 is 0 Å². The van der Waals surface area contributed by atoms with Gasteiger partial charge in [-0.15, -0.1) is 0 Å². The Labute approximate surface area is 121 Å². The molecule has 2 aliphatic rings. The maximum atomic E-state index is 6.42. The Morgan fingerprint density at radius 1 is 1.32 bits per heavy atom. The monoisotopic (exact) mass is 319 g/mol. The third kappa shape index (κ3) is 1.69. The lowest BCUT2D eigenvalue weighted by Crippen LogP contribution is -2.34. The van der Waals surface area contributed by atoms with Crippen LogP contribution in [-0.2, 0) is 0 Å². The SMILES string of the molecule is Cc1cc(Br)cc2[nH]c(C3C4CCC(C4)C3N)nc12. The summed E-state index contributed by atoms with van der Waals surface area (Å²) in [6.07, 6.45) is 3.93. The summed E-state index contributed by atoms with van der Waals surface area (Å²) >= 11 is 3.55. The summed E-state index contributed by atoms with van der Waals surface area (Å²) in [4.78, 5) is 8.36. The minimum atomic E-state index is 0.294. The molecule has 2 fully saturated rings. The smallest absolute Gasteiger partial charge is 0.112 e.